The fraction of sp³-hybridized carbons (Fsp3) is 0.217. The van der Waals surface area contributed by atoms with E-state index in [2.05, 4.69) is 20.6 Å². The molecule has 0 fully saturated rings. The van der Waals surface area contributed by atoms with Gasteiger partial charge in [-0.2, -0.15) is 4.98 Å². The van der Waals surface area contributed by atoms with Gasteiger partial charge in [0.25, 0.3) is 11.8 Å². The predicted octanol–water partition coefficient (Wildman–Crippen LogP) is 2.58. The molecule has 2 amide bonds. The largest absolute Gasteiger partial charge is 0.375 e. The summed E-state index contributed by atoms with van der Waals surface area (Å²) < 4.78 is 4.90. The van der Waals surface area contributed by atoms with Crippen LogP contribution in [0.1, 0.15) is 15.9 Å². The highest BCUT2D eigenvalue weighted by molar-refractivity contribution is 5.97. The average Bonchev–Trinajstić information content (AvgIpc) is 2.79. The Bertz CT molecular complexity index is 1070. The lowest BCUT2D eigenvalue weighted by atomic mass is 10.1. The number of primary amides is 1. The molecule has 0 saturated carbocycles. The van der Waals surface area contributed by atoms with Crippen LogP contribution in [-0.4, -0.2) is 49.1 Å². The number of benzene rings is 2. The maximum Gasteiger partial charge on any atom is 0.254 e. The first-order valence-electron chi connectivity index (χ1n) is 10.0. The minimum Gasteiger partial charge on any atom is -0.375 e. The third kappa shape index (κ3) is 6.02. The van der Waals surface area contributed by atoms with Gasteiger partial charge < -0.3 is 26.0 Å². The number of rotatable bonds is 10. The third-order valence-corrected chi connectivity index (χ3v) is 4.73. The topological polar surface area (TPSA) is 122 Å². The van der Waals surface area contributed by atoms with Crippen molar-refractivity contribution in [2.24, 2.45) is 5.73 Å². The molecule has 9 heteroatoms. The molecule has 0 spiro atoms. The van der Waals surface area contributed by atoms with Crippen molar-refractivity contribution in [2.75, 3.05) is 42.8 Å². The fourth-order valence-electron chi connectivity index (χ4n) is 3.01. The normalized spacial score (nSPS) is 10.4. The summed E-state index contributed by atoms with van der Waals surface area (Å²) in [6.45, 7) is 0.562. The number of aromatic nitrogens is 2. The Balaban J connectivity index is 1.74. The Hall–Kier alpha value is -3.98. The van der Waals surface area contributed by atoms with Crippen LogP contribution in [0.2, 0.25) is 0 Å². The van der Waals surface area contributed by atoms with E-state index in [1.165, 1.54) is 18.2 Å². The summed E-state index contributed by atoms with van der Waals surface area (Å²) in [5.74, 6) is -0.134. The highest BCUT2D eigenvalue weighted by atomic mass is 16.5. The molecule has 3 aromatic rings. The van der Waals surface area contributed by atoms with Crippen LogP contribution in [0.5, 0.6) is 0 Å². The Labute approximate surface area is 186 Å². The molecule has 0 unspecified atom stereocenters. The minimum atomic E-state index is -0.612. The quantitative estimate of drug-likeness (QED) is 0.448. The first-order chi connectivity index (χ1) is 15.5. The van der Waals surface area contributed by atoms with Gasteiger partial charge in [0.1, 0.15) is 12.4 Å². The van der Waals surface area contributed by atoms with Crippen LogP contribution in [0.3, 0.4) is 0 Å². The highest BCUT2D eigenvalue weighted by Gasteiger charge is 2.14. The maximum atomic E-state index is 12.1. The zero-order chi connectivity index (χ0) is 22.9. The molecule has 0 aliphatic carbocycles. The zero-order valence-electron chi connectivity index (χ0n) is 18.0. The first kappa shape index (κ1) is 22.7. The molecule has 0 radical (unpaired) electrons. The van der Waals surface area contributed by atoms with E-state index in [0.717, 1.165) is 12.0 Å². The zero-order valence-corrected chi connectivity index (χ0v) is 18.0. The van der Waals surface area contributed by atoms with Gasteiger partial charge in [-0.3, -0.25) is 9.59 Å². The maximum absolute atomic E-state index is 12.1. The van der Waals surface area contributed by atoms with Gasteiger partial charge in [-0.1, -0.05) is 36.4 Å². The molecule has 0 bridgehead atoms. The first-order valence-corrected chi connectivity index (χ1v) is 10.0. The van der Waals surface area contributed by atoms with E-state index < -0.39 is 5.91 Å². The van der Waals surface area contributed by atoms with Crippen LogP contribution < -0.4 is 21.3 Å². The number of hydrogen-bond acceptors (Lipinski definition) is 7. The van der Waals surface area contributed by atoms with Gasteiger partial charge in [0.15, 0.2) is 0 Å². The molecule has 9 nitrogen and oxygen atoms in total. The number of hydrogen-bond donors (Lipinski definition) is 3. The Kier molecular flexibility index (Phi) is 7.71. The molecule has 32 heavy (non-hydrogen) atoms. The highest BCUT2D eigenvalue weighted by Crippen LogP contribution is 2.22. The number of anilines is 4. The van der Waals surface area contributed by atoms with E-state index in [-0.39, 0.29) is 18.1 Å². The smallest absolute Gasteiger partial charge is 0.254 e. The summed E-state index contributed by atoms with van der Waals surface area (Å²) in [5, 5.41) is 6.27. The molecular weight excluding hydrogens is 408 g/mol. The summed E-state index contributed by atoms with van der Waals surface area (Å²) in [5.41, 5.74) is 8.22. The second-order valence-corrected chi connectivity index (χ2v) is 7.04. The molecule has 0 saturated heterocycles. The lowest BCUT2D eigenvalue weighted by Crippen LogP contribution is -2.29. The number of nitrogens with two attached hydrogens (primary N) is 1. The molecule has 2 aromatic carbocycles. The van der Waals surface area contributed by atoms with Gasteiger partial charge in [0.2, 0.25) is 5.95 Å². The van der Waals surface area contributed by atoms with Crippen LogP contribution in [0.15, 0.2) is 60.8 Å². The SMILES string of the molecule is COCC(=O)N(C)c1cccc(Nc2ncc(C(N)=O)c(NCCc3ccccc3)n2)c1. The Morgan fingerprint density at radius 2 is 1.91 bits per heavy atom. The average molecular weight is 435 g/mol. The second kappa shape index (κ2) is 10.9. The van der Waals surface area contributed by atoms with Crippen molar-refractivity contribution in [3.05, 3.63) is 71.9 Å². The van der Waals surface area contributed by atoms with Gasteiger partial charge in [0, 0.05) is 38.3 Å². The summed E-state index contributed by atoms with van der Waals surface area (Å²) in [6.07, 6.45) is 2.15. The molecule has 0 aliphatic rings. The van der Waals surface area contributed by atoms with Crippen molar-refractivity contribution < 1.29 is 14.3 Å². The number of methoxy groups -OCH3 is 1. The Morgan fingerprint density at radius 1 is 1.12 bits per heavy atom. The van der Waals surface area contributed by atoms with Crippen molar-refractivity contribution in [3.8, 4) is 0 Å². The van der Waals surface area contributed by atoms with Crippen LogP contribution in [0.25, 0.3) is 0 Å². The lowest BCUT2D eigenvalue weighted by Gasteiger charge is -2.18. The number of ether oxygens (including phenoxy) is 1. The number of nitrogens with zero attached hydrogens (tertiary/aromatic N) is 3. The van der Waals surface area contributed by atoms with Gasteiger partial charge in [-0.15, -0.1) is 0 Å². The summed E-state index contributed by atoms with van der Waals surface area (Å²) >= 11 is 0. The van der Waals surface area contributed by atoms with Gasteiger partial charge in [-0.05, 0) is 30.2 Å². The Morgan fingerprint density at radius 3 is 2.62 bits per heavy atom. The van der Waals surface area contributed by atoms with Crippen LogP contribution in [-0.2, 0) is 16.0 Å². The number of carbonyl (C=O) groups excluding carboxylic acids is 2. The van der Waals surface area contributed by atoms with E-state index in [4.69, 9.17) is 10.5 Å². The predicted molar refractivity (Wildman–Crippen MR) is 124 cm³/mol. The van der Waals surface area contributed by atoms with E-state index in [1.54, 1.807) is 13.1 Å². The summed E-state index contributed by atoms with van der Waals surface area (Å²) in [7, 11) is 3.15. The molecule has 166 valence electrons. The summed E-state index contributed by atoms with van der Waals surface area (Å²) in [4.78, 5) is 34.0. The number of nitrogens with one attached hydrogen (secondary N) is 2. The van der Waals surface area contributed by atoms with Crippen molar-refractivity contribution in [2.45, 2.75) is 6.42 Å². The third-order valence-electron chi connectivity index (χ3n) is 4.73. The second-order valence-electron chi connectivity index (χ2n) is 7.04. The van der Waals surface area contributed by atoms with E-state index >= 15 is 0 Å². The molecule has 3 rings (SSSR count). The van der Waals surface area contributed by atoms with E-state index in [0.29, 0.717) is 29.7 Å². The molecule has 0 atom stereocenters. The fourth-order valence-corrected chi connectivity index (χ4v) is 3.01. The standard InChI is InChI=1S/C23H26N6O3/c1-29(20(30)15-32-2)18-10-6-9-17(13-18)27-23-26-14-19(21(24)31)22(28-23)25-12-11-16-7-4-3-5-8-16/h3-10,13-14H,11-12,15H2,1-2H3,(H2,24,31)(H2,25,26,27,28). The summed E-state index contributed by atoms with van der Waals surface area (Å²) in [6, 6.07) is 17.2. The van der Waals surface area contributed by atoms with Crippen LogP contribution in [0.4, 0.5) is 23.1 Å². The van der Waals surface area contributed by atoms with Crippen molar-refractivity contribution in [1.82, 2.24) is 9.97 Å². The molecular formula is C23H26N6O3. The van der Waals surface area contributed by atoms with Crippen molar-refractivity contribution in [3.63, 3.8) is 0 Å². The van der Waals surface area contributed by atoms with E-state index in [1.807, 2.05) is 48.5 Å². The minimum absolute atomic E-state index is 0.0101. The van der Waals surface area contributed by atoms with E-state index in [9.17, 15) is 9.59 Å². The monoisotopic (exact) mass is 434 g/mol. The number of amides is 2. The molecule has 1 heterocycles. The van der Waals surface area contributed by atoms with Crippen LogP contribution >= 0.6 is 0 Å². The van der Waals surface area contributed by atoms with Crippen molar-refractivity contribution >= 4 is 35.0 Å². The molecule has 0 aliphatic heterocycles. The number of likely N-dealkylation sites (N-methyl/N-ethyl adjacent to an activating group) is 1. The van der Waals surface area contributed by atoms with Gasteiger partial charge in [0.05, 0.1) is 5.56 Å². The van der Waals surface area contributed by atoms with Gasteiger partial charge in [-0.25, -0.2) is 4.98 Å². The van der Waals surface area contributed by atoms with Crippen LogP contribution in [0, 0.1) is 0 Å². The molecule has 4 N–H and O–H groups in total. The lowest BCUT2D eigenvalue weighted by molar-refractivity contribution is -0.121. The van der Waals surface area contributed by atoms with Gasteiger partial charge >= 0.3 is 0 Å². The van der Waals surface area contributed by atoms with Crippen molar-refractivity contribution in [1.29, 1.82) is 0 Å². The number of carbonyl (C=O) groups is 2. The molecule has 1 aromatic heterocycles.